The number of amides is 1. The van der Waals surface area contributed by atoms with Crippen molar-refractivity contribution in [3.63, 3.8) is 0 Å². The van der Waals surface area contributed by atoms with Gasteiger partial charge in [0.2, 0.25) is 15.9 Å². The first-order valence-corrected chi connectivity index (χ1v) is 12.4. The molecule has 0 saturated carbocycles. The monoisotopic (exact) mass is 461 g/mol. The summed E-state index contributed by atoms with van der Waals surface area (Å²) in [5, 5.41) is 2.86. The van der Waals surface area contributed by atoms with E-state index in [1.54, 1.807) is 12.1 Å². The van der Waals surface area contributed by atoms with Crippen molar-refractivity contribution in [3.05, 3.63) is 59.7 Å². The van der Waals surface area contributed by atoms with Gasteiger partial charge in [-0.1, -0.05) is 52.0 Å². The van der Waals surface area contributed by atoms with Gasteiger partial charge in [-0.15, -0.1) is 0 Å². The lowest BCUT2D eigenvalue weighted by molar-refractivity contribution is -0.123. The molecule has 7 nitrogen and oxygen atoms in total. The fraction of sp³-hybridized carbons (Fsp3) is 0.458. The van der Waals surface area contributed by atoms with Crippen LogP contribution in [-0.2, 0) is 27.9 Å². The number of benzene rings is 2. The third-order valence-corrected chi connectivity index (χ3v) is 6.85. The molecule has 176 valence electrons. The lowest BCUT2D eigenvalue weighted by Gasteiger charge is -2.22. The van der Waals surface area contributed by atoms with Crippen molar-refractivity contribution >= 4 is 15.9 Å². The van der Waals surface area contributed by atoms with Crippen LogP contribution in [0.5, 0.6) is 5.75 Å². The third-order valence-electron chi connectivity index (χ3n) is 5.39. The molecule has 0 unspecified atom stereocenters. The number of sulfonamides is 1. The second kappa shape index (κ2) is 12.0. The van der Waals surface area contributed by atoms with E-state index >= 15 is 0 Å². The van der Waals surface area contributed by atoms with Gasteiger partial charge in [-0.25, -0.2) is 8.42 Å². The summed E-state index contributed by atoms with van der Waals surface area (Å²) in [6, 6.07) is 13.3. The second-order valence-electron chi connectivity index (χ2n) is 8.01. The largest absolute Gasteiger partial charge is 0.497 e. The Labute approximate surface area is 192 Å². The van der Waals surface area contributed by atoms with Gasteiger partial charge < -0.3 is 10.1 Å². The summed E-state index contributed by atoms with van der Waals surface area (Å²) >= 11 is 0. The molecule has 2 aromatic carbocycles. The van der Waals surface area contributed by atoms with E-state index in [1.807, 2.05) is 26.0 Å². The number of hydrogen-bond acceptors (Lipinski definition) is 5. The Morgan fingerprint density at radius 2 is 1.53 bits per heavy atom. The van der Waals surface area contributed by atoms with E-state index in [2.05, 4.69) is 40.9 Å². The summed E-state index contributed by atoms with van der Waals surface area (Å²) in [5.74, 6) is -0.0195. The molecular weight excluding hydrogens is 426 g/mol. The van der Waals surface area contributed by atoms with Crippen molar-refractivity contribution in [3.8, 4) is 5.75 Å². The normalized spacial score (nSPS) is 12.7. The average molecular weight is 462 g/mol. The first-order chi connectivity index (χ1) is 15.2. The van der Waals surface area contributed by atoms with Gasteiger partial charge in [0.25, 0.3) is 0 Å². The van der Waals surface area contributed by atoms with E-state index < -0.39 is 16.1 Å². The summed E-state index contributed by atoms with van der Waals surface area (Å²) < 4.78 is 33.1. The molecule has 32 heavy (non-hydrogen) atoms. The molecule has 2 aromatic rings. The van der Waals surface area contributed by atoms with E-state index in [9.17, 15) is 13.2 Å². The van der Waals surface area contributed by atoms with Crippen LogP contribution in [0.25, 0.3) is 0 Å². The smallest absolute Gasteiger partial charge is 0.241 e. The molecule has 0 aliphatic rings. The number of ether oxygens (including phenoxy) is 1. The van der Waals surface area contributed by atoms with Crippen molar-refractivity contribution < 1.29 is 17.9 Å². The molecule has 8 heteroatoms. The van der Waals surface area contributed by atoms with E-state index in [4.69, 9.17) is 4.74 Å². The number of carbonyl (C=O) groups is 1. The predicted octanol–water partition coefficient (Wildman–Crippen LogP) is 3.16. The van der Waals surface area contributed by atoms with Crippen molar-refractivity contribution in [2.75, 3.05) is 20.2 Å². The molecular formula is C24H35N3O4S. The highest BCUT2D eigenvalue weighted by molar-refractivity contribution is 7.89. The Kier molecular flexibility index (Phi) is 9.68. The average Bonchev–Trinajstić information content (AvgIpc) is 2.80. The van der Waals surface area contributed by atoms with Gasteiger partial charge in [-0.05, 0) is 54.4 Å². The van der Waals surface area contributed by atoms with E-state index in [-0.39, 0.29) is 16.7 Å². The van der Waals surface area contributed by atoms with Crippen LogP contribution >= 0.6 is 0 Å². The highest BCUT2D eigenvalue weighted by Gasteiger charge is 2.28. The van der Waals surface area contributed by atoms with Crippen LogP contribution < -0.4 is 14.8 Å². The van der Waals surface area contributed by atoms with Crippen LogP contribution in [0, 0.1) is 5.92 Å². The Morgan fingerprint density at radius 3 is 2.03 bits per heavy atom. The van der Waals surface area contributed by atoms with Crippen LogP contribution in [0.15, 0.2) is 53.4 Å². The summed E-state index contributed by atoms with van der Waals surface area (Å²) in [4.78, 5) is 15.2. The van der Waals surface area contributed by atoms with Gasteiger partial charge >= 0.3 is 0 Å². The Morgan fingerprint density at radius 1 is 0.969 bits per heavy atom. The van der Waals surface area contributed by atoms with Crippen LogP contribution in [0.1, 0.15) is 38.8 Å². The van der Waals surface area contributed by atoms with Crippen LogP contribution in [0.4, 0.5) is 0 Å². The van der Waals surface area contributed by atoms with Crippen molar-refractivity contribution in [1.82, 2.24) is 14.9 Å². The first kappa shape index (κ1) is 25.8. The zero-order valence-electron chi connectivity index (χ0n) is 19.6. The molecule has 0 radical (unpaired) electrons. The lowest BCUT2D eigenvalue weighted by atomic mass is 10.0. The zero-order chi connectivity index (χ0) is 23.7. The summed E-state index contributed by atoms with van der Waals surface area (Å²) in [7, 11) is -2.34. The number of methoxy groups -OCH3 is 1. The number of nitrogens with one attached hydrogen (secondary N) is 2. The molecule has 0 aromatic heterocycles. The summed E-state index contributed by atoms with van der Waals surface area (Å²) in [6.07, 6.45) is 0. The minimum atomic E-state index is -3.85. The summed E-state index contributed by atoms with van der Waals surface area (Å²) in [6.45, 7) is 11.1. The standard InChI is InChI=1S/C24H35N3O4S/c1-6-27(7-2)17-20-10-8-19(9-11-20)16-25-24(28)23(18(3)4)26-32(29,30)22-14-12-21(31-5)13-15-22/h8-15,18,23,26H,6-7,16-17H2,1-5H3,(H,25,28)/t23-/m0/s1. The number of rotatable bonds is 12. The van der Waals surface area contributed by atoms with Crippen molar-refractivity contribution in [2.24, 2.45) is 5.92 Å². The molecule has 0 spiro atoms. The third kappa shape index (κ3) is 7.32. The van der Waals surface area contributed by atoms with Gasteiger partial charge in [0.05, 0.1) is 12.0 Å². The topological polar surface area (TPSA) is 87.7 Å². The SMILES string of the molecule is CCN(CC)Cc1ccc(CNC(=O)[C@@H](NS(=O)(=O)c2ccc(OC)cc2)C(C)C)cc1. The number of carbonyl (C=O) groups excluding carboxylic acids is 1. The summed E-state index contributed by atoms with van der Waals surface area (Å²) in [5.41, 5.74) is 2.18. The Bertz CT molecular complexity index is 954. The molecule has 1 atom stereocenters. The van der Waals surface area contributed by atoms with E-state index in [0.29, 0.717) is 12.3 Å². The van der Waals surface area contributed by atoms with Crippen LogP contribution in [0.3, 0.4) is 0 Å². The maximum absolute atomic E-state index is 12.8. The van der Waals surface area contributed by atoms with Gasteiger partial charge in [-0.2, -0.15) is 4.72 Å². The van der Waals surface area contributed by atoms with Gasteiger partial charge in [0, 0.05) is 13.1 Å². The maximum Gasteiger partial charge on any atom is 0.241 e. The second-order valence-corrected chi connectivity index (χ2v) is 9.73. The minimum Gasteiger partial charge on any atom is -0.497 e. The number of hydrogen-bond donors (Lipinski definition) is 2. The molecule has 2 rings (SSSR count). The van der Waals surface area contributed by atoms with Crippen LogP contribution in [0.2, 0.25) is 0 Å². The highest BCUT2D eigenvalue weighted by Crippen LogP contribution is 2.17. The van der Waals surface area contributed by atoms with Crippen LogP contribution in [-0.4, -0.2) is 45.5 Å². The van der Waals surface area contributed by atoms with E-state index in [0.717, 1.165) is 25.2 Å². The van der Waals surface area contributed by atoms with Gasteiger partial charge in [0.15, 0.2) is 0 Å². The molecule has 0 saturated heterocycles. The molecule has 1 amide bonds. The van der Waals surface area contributed by atoms with Gasteiger partial charge in [-0.3, -0.25) is 9.69 Å². The number of nitrogens with zero attached hydrogens (tertiary/aromatic N) is 1. The molecule has 0 bridgehead atoms. The fourth-order valence-electron chi connectivity index (χ4n) is 3.25. The highest BCUT2D eigenvalue weighted by atomic mass is 32.2. The predicted molar refractivity (Wildman–Crippen MR) is 127 cm³/mol. The van der Waals surface area contributed by atoms with Gasteiger partial charge in [0.1, 0.15) is 11.8 Å². The van der Waals surface area contributed by atoms with E-state index in [1.165, 1.54) is 24.8 Å². The zero-order valence-corrected chi connectivity index (χ0v) is 20.4. The van der Waals surface area contributed by atoms with Crippen molar-refractivity contribution in [2.45, 2.75) is 51.7 Å². The Hall–Kier alpha value is -2.42. The fourth-order valence-corrected chi connectivity index (χ4v) is 4.59. The molecule has 0 aliphatic carbocycles. The van der Waals surface area contributed by atoms with Crippen molar-refractivity contribution in [1.29, 1.82) is 0 Å². The molecule has 0 aliphatic heterocycles. The molecule has 0 heterocycles. The first-order valence-electron chi connectivity index (χ1n) is 10.9. The quantitative estimate of drug-likeness (QED) is 0.507. The maximum atomic E-state index is 12.8. The Balaban J connectivity index is 2.01. The lowest BCUT2D eigenvalue weighted by Crippen LogP contribution is -2.49. The molecule has 2 N–H and O–H groups in total. The minimum absolute atomic E-state index is 0.0838. The molecule has 0 fully saturated rings.